The third-order valence-electron chi connectivity index (χ3n) is 2.18. The number of ether oxygens (including phenoxy) is 1. The largest absolute Gasteiger partial charge is 0.496 e. The Labute approximate surface area is 101 Å². The van der Waals surface area contributed by atoms with Crippen molar-refractivity contribution in [3.8, 4) is 5.75 Å². The number of benzene rings is 1. The number of methoxy groups -OCH3 is 1. The van der Waals surface area contributed by atoms with Crippen LogP contribution in [-0.4, -0.2) is 37.2 Å². The van der Waals surface area contributed by atoms with Gasteiger partial charge in [0, 0.05) is 6.54 Å². The minimum Gasteiger partial charge on any atom is -0.496 e. The van der Waals surface area contributed by atoms with E-state index in [1.54, 1.807) is 0 Å². The predicted octanol–water partition coefficient (Wildman–Crippen LogP) is 1.19. The van der Waals surface area contributed by atoms with E-state index in [4.69, 9.17) is 9.84 Å². The summed E-state index contributed by atoms with van der Waals surface area (Å²) in [4.78, 5) is 11.6. The maximum atomic E-state index is 13.4. The van der Waals surface area contributed by atoms with Gasteiger partial charge in [0.15, 0.2) is 0 Å². The summed E-state index contributed by atoms with van der Waals surface area (Å²) in [7, 11) is 1.25. The molecule has 1 atom stereocenters. The number of halogens is 3. The van der Waals surface area contributed by atoms with Gasteiger partial charge in [-0.25, -0.2) is 13.2 Å². The van der Waals surface area contributed by atoms with Crippen molar-refractivity contribution in [3.63, 3.8) is 0 Å². The maximum absolute atomic E-state index is 13.4. The van der Waals surface area contributed by atoms with Gasteiger partial charge >= 0.3 is 0 Å². The zero-order valence-corrected chi connectivity index (χ0v) is 9.49. The highest BCUT2D eigenvalue weighted by atomic mass is 19.3. The number of hydrogen-bond donors (Lipinski definition) is 2. The van der Waals surface area contributed by atoms with Crippen molar-refractivity contribution in [2.75, 3.05) is 13.7 Å². The Kier molecular flexibility index (Phi) is 4.96. The van der Waals surface area contributed by atoms with Crippen LogP contribution in [0.25, 0.3) is 0 Å². The monoisotopic (exact) mass is 263 g/mol. The number of aliphatic hydroxyl groups is 1. The molecule has 0 fully saturated rings. The number of alkyl halides is 2. The quantitative estimate of drug-likeness (QED) is 0.839. The Morgan fingerprint density at radius 2 is 2.17 bits per heavy atom. The smallest absolute Gasteiger partial charge is 0.265 e. The summed E-state index contributed by atoms with van der Waals surface area (Å²) in [6.07, 6.45) is -4.97. The van der Waals surface area contributed by atoms with Gasteiger partial charge in [-0.2, -0.15) is 0 Å². The second kappa shape index (κ2) is 6.25. The average molecular weight is 263 g/mol. The maximum Gasteiger partial charge on any atom is 0.265 e. The summed E-state index contributed by atoms with van der Waals surface area (Å²) < 4.78 is 42.2. The molecule has 0 aromatic heterocycles. The zero-order chi connectivity index (χ0) is 13.7. The lowest BCUT2D eigenvalue weighted by atomic mass is 10.1. The summed E-state index contributed by atoms with van der Waals surface area (Å²) in [5.41, 5.74) is -0.388. The van der Waals surface area contributed by atoms with Crippen molar-refractivity contribution in [3.05, 3.63) is 29.6 Å². The molecule has 0 spiro atoms. The fourth-order valence-electron chi connectivity index (χ4n) is 1.27. The first-order chi connectivity index (χ1) is 8.47. The Balaban J connectivity index is 2.78. The molecular weight excluding hydrogens is 251 g/mol. The summed E-state index contributed by atoms with van der Waals surface area (Å²) in [6.45, 7) is -0.673. The molecule has 0 saturated carbocycles. The van der Waals surface area contributed by atoms with Crippen LogP contribution in [0.5, 0.6) is 5.75 Å². The third-order valence-corrected chi connectivity index (χ3v) is 2.18. The summed E-state index contributed by atoms with van der Waals surface area (Å²) in [5.74, 6) is -1.78. The van der Waals surface area contributed by atoms with Gasteiger partial charge in [-0.3, -0.25) is 4.79 Å². The molecule has 0 aliphatic carbocycles. The molecule has 0 aliphatic rings. The van der Waals surface area contributed by atoms with E-state index >= 15 is 0 Å². The lowest BCUT2D eigenvalue weighted by Gasteiger charge is -2.12. The van der Waals surface area contributed by atoms with E-state index in [-0.39, 0.29) is 11.3 Å². The van der Waals surface area contributed by atoms with Crippen LogP contribution in [-0.2, 0) is 0 Å². The van der Waals surface area contributed by atoms with Crippen LogP contribution >= 0.6 is 0 Å². The normalized spacial score (nSPS) is 12.3. The first-order valence-corrected chi connectivity index (χ1v) is 5.04. The van der Waals surface area contributed by atoms with E-state index in [1.165, 1.54) is 19.2 Å². The second-order valence-corrected chi connectivity index (χ2v) is 3.43. The van der Waals surface area contributed by atoms with Crippen molar-refractivity contribution < 1.29 is 27.8 Å². The van der Waals surface area contributed by atoms with Gasteiger partial charge in [-0.05, 0) is 12.1 Å². The highest BCUT2D eigenvalue weighted by Crippen LogP contribution is 2.20. The fourth-order valence-corrected chi connectivity index (χ4v) is 1.27. The van der Waals surface area contributed by atoms with Gasteiger partial charge in [0.05, 0.1) is 7.11 Å². The van der Waals surface area contributed by atoms with Crippen LogP contribution in [0, 0.1) is 5.82 Å². The minimum atomic E-state index is -2.98. The zero-order valence-electron chi connectivity index (χ0n) is 9.49. The molecule has 0 radical (unpaired) electrons. The van der Waals surface area contributed by atoms with Crippen molar-refractivity contribution in [2.45, 2.75) is 12.5 Å². The van der Waals surface area contributed by atoms with Crippen molar-refractivity contribution in [2.24, 2.45) is 0 Å². The Bertz CT molecular complexity index is 426. The molecule has 100 valence electrons. The van der Waals surface area contributed by atoms with Gasteiger partial charge in [0.25, 0.3) is 12.3 Å². The summed E-state index contributed by atoms with van der Waals surface area (Å²) in [5, 5.41) is 10.8. The van der Waals surface area contributed by atoms with Crippen LogP contribution in [0.2, 0.25) is 0 Å². The Morgan fingerprint density at radius 1 is 1.50 bits per heavy atom. The summed E-state index contributed by atoms with van der Waals surface area (Å²) in [6, 6.07) is 3.75. The number of amides is 1. The van der Waals surface area contributed by atoms with E-state index in [0.29, 0.717) is 0 Å². The molecule has 2 N–H and O–H groups in total. The number of hydrogen-bond acceptors (Lipinski definition) is 3. The third kappa shape index (κ3) is 3.36. The minimum absolute atomic E-state index is 0.0148. The fraction of sp³-hybridized carbons (Fsp3) is 0.364. The highest BCUT2D eigenvalue weighted by Gasteiger charge is 2.21. The van der Waals surface area contributed by atoms with Crippen LogP contribution in [0.3, 0.4) is 0 Å². The molecule has 4 nitrogen and oxygen atoms in total. The van der Waals surface area contributed by atoms with Crippen LogP contribution < -0.4 is 10.1 Å². The summed E-state index contributed by atoms with van der Waals surface area (Å²) >= 11 is 0. The molecule has 1 rings (SSSR count). The lowest BCUT2D eigenvalue weighted by molar-refractivity contribution is -0.00273. The molecule has 18 heavy (non-hydrogen) atoms. The van der Waals surface area contributed by atoms with Crippen molar-refractivity contribution in [1.82, 2.24) is 5.32 Å². The molecule has 0 aliphatic heterocycles. The second-order valence-electron chi connectivity index (χ2n) is 3.43. The number of rotatable bonds is 5. The van der Waals surface area contributed by atoms with E-state index < -0.39 is 30.8 Å². The number of nitrogens with one attached hydrogen (secondary N) is 1. The van der Waals surface area contributed by atoms with Gasteiger partial charge in [-0.1, -0.05) is 6.07 Å². The van der Waals surface area contributed by atoms with E-state index in [2.05, 4.69) is 0 Å². The van der Waals surface area contributed by atoms with Crippen LogP contribution in [0.1, 0.15) is 10.4 Å². The molecule has 1 unspecified atom stereocenters. The standard InChI is InChI=1S/C11H12F3NO3/c1-18-8-4-2-3-6(12)9(8)11(17)15-5-7(16)10(13)14/h2-4,7,10,16H,5H2,1H3,(H,15,17). The molecular formula is C11H12F3NO3. The Hall–Kier alpha value is -1.76. The molecule has 1 amide bonds. The average Bonchev–Trinajstić information content (AvgIpc) is 2.34. The van der Waals surface area contributed by atoms with Crippen molar-refractivity contribution >= 4 is 5.91 Å². The van der Waals surface area contributed by atoms with Gasteiger partial charge in [-0.15, -0.1) is 0 Å². The lowest BCUT2D eigenvalue weighted by Crippen LogP contribution is -2.36. The van der Waals surface area contributed by atoms with Gasteiger partial charge < -0.3 is 15.2 Å². The molecule has 0 bridgehead atoms. The highest BCUT2D eigenvalue weighted by molar-refractivity contribution is 5.97. The van der Waals surface area contributed by atoms with E-state index in [1.807, 2.05) is 5.32 Å². The topological polar surface area (TPSA) is 58.6 Å². The van der Waals surface area contributed by atoms with Crippen LogP contribution in [0.4, 0.5) is 13.2 Å². The number of aliphatic hydroxyl groups excluding tert-OH is 1. The number of carbonyl (C=O) groups excluding carboxylic acids is 1. The SMILES string of the molecule is COc1cccc(F)c1C(=O)NCC(O)C(F)F. The van der Waals surface area contributed by atoms with Gasteiger partial charge in [0.1, 0.15) is 23.2 Å². The molecule has 7 heteroatoms. The predicted molar refractivity (Wildman–Crippen MR) is 57.3 cm³/mol. The van der Waals surface area contributed by atoms with Crippen molar-refractivity contribution in [1.29, 1.82) is 0 Å². The van der Waals surface area contributed by atoms with Crippen LogP contribution in [0.15, 0.2) is 18.2 Å². The van der Waals surface area contributed by atoms with E-state index in [0.717, 1.165) is 6.07 Å². The first-order valence-electron chi connectivity index (χ1n) is 5.04. The molecule has 1 aromatic rings. The first kappa shape index (κ1) is 14.3. The Morgan fingerprint density at radius 3 is 2.72 bits per heavy atom. The van der Waals surface area contributed by atoms with Gasteiger partial charge in [0.2, 0.25) is 0 Å². The molecule has 0 saturated heterocycles. The van der Waals surface area contributed by atoms with E-state index in [9.17, 15) is 18.0 Å². The number of carbonyl (C=O) groups is 1. The molecule has 1 aromatic carbocycles. The molecule has 0 heterocycles.